The number of nitrogens with one attached hydrogen (secondary N) is 2. The summed E-state index contributed by atoms with van der Waals surface area (Å²) in [6.07, 6.45) is 4.16. The molecule has 0 saturated heterocycles. The van der Waals surface area contributed by atoms with Crippen LogP contribution in [0.2, 0.25) is 0 Å². The van der Waals surface area contributed by atoms with E-state index in [0.717, 1.165) is 18.7 Å². The van der Waals surface area contributed by atoms with Crippen molar-refractivity contribution < 1.29 is 4.79 Å². The van der Waals surface area contributed by atoms with Crippen molar-refractivity contribution in [1.29, 1.82) is 0 Å². The van der Waals surface area contributed by atoms with Gasteiger partial charge in [-0.15, -0.1) is 0 Å². The number of fused-ring (bicyclic) bond motifs is 1. The van der Waals surface area contributed by atoms with Gasteiger partial charge in [0.25, 0.3) is 0 Å². The second-order valence-corrected chi connectivity index (χ2v) is 4.14. The van der Waals surface area contributed by atoms with E-state index in [9.17, 15) is 4.79 Å². The molecule has 1 fully saturated rings. The van der Waals surface area contributed by atoms with Gasteiger partial charge in [-0.25, -0.2) is 14.3 Å². The molecule has 0 atom stereocenters. The molecule has 6 nitrogen and oxygen atoms in total. The monoisotopic (exact) mass is 231 g/mol. The average Bonchev–Trinajstić information content (AvgIpc) is 3.09. The summed E-state index contributed by atoms with van der Waals surface area (Å²) in [5.41, 5.74) is 1.37. The van der Waals surface area contributed by atoms with Gasteiger partial charge in [-0.1, -0.05) is 0 Å². The Labute approximate surface area is 98.0 Å². The predicted molar refractivity (Wildman–Crippen MR) is 63.0 cm³/mol. The summed E-state index contributed by atoms with van der Waals surface area (Å²) in [6, 6.07) is 3.40. The van der Waals surface area contributed by atoms with Crippen molar-refractivity contribution in [2.24, 2.45) is 0 Å². The van der Waals surface area contributed by atoms with Gasteiger partial charge in [0.15, 0.2) is 11.5 Å². The van der Waals surface area contributed by atoms with E-state index in [1.54, 1.807) is 11.6 Å². The van der Waals surface area contributed by atoms with Crippen LogP contribution < -0.4 is 10.6 Å². The second-order valence-electron chi connectivity index (χ2n) is 4.14. The molecule has 6 heteroatoms. The van der Waals surface area contributed by atoms with Crippen LogP contribution in [0.15, 0.2) is 18.3 Å². The molecule has 0 radical (unpaired) electrons. The second kappa shape index (κ2) is 3.73. The van der Waals surface area contributed by atoms with Gasteiger partial charge >= 0.3 is 6.03 Å². The van der Waals surface area contributed by atoms with Gasteiger partial charge in [0, 0.05) is 19.2 Å². The number of carbonyl (C=O) groups excluding carboxylic acids is 1. The van der Waals surface area contributed by atoms with E-state index in [4.69, 9.17) is 0 Å². The zero-order valence-electron chi connectivity index (χ0n) is 9.47. The minimum absolute atomic E-state index is 0.255. The molecular weight excluding hydrogens is 218 g/mol. The molecule has 88 valence electrons. The highest BCUT2D eigenvalue weighted by atomic mass is 16.2. The Morgan fingerprint density at radius 2 is 2.35 bits per heavy atom. The summed E-state index contributed by atoms with van der Waals surface area (Å²) in [5, 5.41) is 9.65. The van der Waals surface area contributed by atoms with Gasteiger partial charge in [0.2, 0.25) is 0 Å². The Bertz CT molecular complexity index is 572. The number of hydrogen-bond acceptors (Lipinski definition) is 3. The summed E-state index contributed by atoms with van der Waals surface area (Å²) in [5.74, 6) is 1.37. The third kappa shape index (κ3) is 1.82. The Morgan fingerprint density at radius 3 is 3.06 bits per heavy atom. The predicted octanol–water partition coefficient (Wildman–Crippen LogP) is 1.36. The van der Waals surface area contributed by atoms with Crippen LogP contribution in [-0.2, 0) is 0 Å². The number of amides is 2. The Hall–Kier alpha value is -2.11. The minimum Gasteiger partial charge on any atom is -0.341 e. The summed E-state index contributed by atoms with van der Waals surface area (Å²) in [4.78, 5) is 15.8. The average molecular weight is 231 g/mol. The van der Waals surface area contributed by atoms with Crippen LogP contribution in [0.5, 0.6) is 0 Å². The lowest BCUT2D eigenvalue weighted by Gasteiger charge is -2.04. The zero-order valence-corrected chi connectivity index (χ0v) is 9.47. The molecule has 17 heavy (non-hydrogen) atoms. The molecular formula is C11H13N5O. The van der Waals surface area contributed by atoms with Crippen LogP contribution in [0, 0.1) is 0 Å². The lowest BCUT2D eigenvalue weighted by Crippen LogP contribution is -2.24. The van der Waals surface area contributed by atoms with E-state index in [1.807, 2.05) is 18.3 Å². The third-order valence-corrected chi connectivity index (χ3v) is 2.80. The van der Waals surface area contributed by atoms with E-state index in [0.29, 0.717) is 17.3 Å². The topological polar surface area (TPSA) is 71.3 Å². The maximum Gasteiger partial charge on any atom is 0.319 e. The van der Waals surface area contributed by atoms with Crippen molar-refractivity contribution in [3.05, 3.63) is 24.2 Å². The fourth-order valence-corrected chi connectivity index (χ4v) is 1.72. The normalized spacial score (nSPS) is 14.9. The van der Waals surface area contributed by atoms with Crippen molar-refractivity contribution in [2.75, 3.05) is 12.4 Å². The largest absolute Gasteiger partial charge is 0.341 e. The molecule has 2 heterocycles. The fourth-order valence-electron chi connectivity index (χ4n) is 1.72. The quantitative estimate of drug-likeness (QED) is 0.819. The molecule has 1 aliphatic carbocycles. The van der Waals surface area contributed by atoms with E-state index in [2.05, 4.69) is 20.7 Å². The first kappa shape index (κ1) is 10.1. The number of urea groups is 1. The summed E-state index contributed by atoms with van der Waals surface area (Å²) in [6.45, 7) is 0. The molecule has 3 rings (SSSR count). The molecule has 2 amide bonds. The van der Waals surface area contributed by atoms with Crippen LogP contribution >= 0.6 is 0 Å². The number of rotatable bonds is 2. The van der Waals surface area contributed by atoms with Crippen LogP contribution in [0.4, 0.5) is 10.5 Å². The van der Waals surface area contributed by atoms with Crippen LogP contribution in [0.3, 0.4) is 0 Å². The van der Waals surface area contributed by atoms with Crippen LogP contribution in [-0.4, -0.2) is 27.7 Å². The van der Waals surface area contributed by atoms with E-state index < -0.39 is 0 Å². The molecule has 0 unspecified atom stereocenters. The lowest BCUT2D eigenvalue weighted by atomic mass is 10.4. The Balaban J connectivity index is 2.01. The van der Waals surface area contributed by atoms with Crippen LogP contribution in [0.1, 0.15) is 24.6 Å². The molecule has 0 spiro atoms. The molecule has 0 bridgehead atoms. The third-order valence-electron chi connectivity index (χ3n) is 2.80. The Kier molecular flexibility index (Phi) is 2.21. The highest BCUT2D eigenvalue weighted by Gasteiger charge is 2.28. The first-order chi connectivity index (χ1) is 8.28. The first-order valence-corrected chi connectivity index (χ1v) is 5.62. The summed E-state index contributed by atoms with van der Waals surface area (Å²) in [7, 11) is 1.58. The van der Waals surface area contributed by atoms with Gasteiger partial charge in [-0.2, -0.15) is 5.10 Å². The van der Waals surface area contributed by atoms with Crippen LogP contribution in [0.25, 0.3) is 5.65 Å². The smallest absolute Gasteiger partial charge is 0.319 e. The minimum atomic E-state index is -0.255. The number of pyridine rings is 1. The maximum atomic E-state index is 11.3. The van der Waals surface area contributed by atoms with Gasteiger partial charge in [-0.05, 0) is 25.0 Å². The Morgan fingerprint density at radius 1 is 1.53 bits per heavy atom. The first-order valence-electron chi connectivity index (χ1n) is 5.62. The standard InChI is InChI=1S/C11H13N5O/c1-12-11(17)13-8-3-2-6-16-10(8)14-9(15-16)7-4-5-7/h2-3,6-7H,4-5H2,1H3,(H2,12,13,17). The summed E-state index contributed by atoms with van der Waals surface area (Å²) < 4.78 is 1.71. The maximum absolute atomic E-state index is 11.3. The number of carbonyl (C=O) groups is 1. The number of nitrogens with zero attached hydrogens (tertiary/aromatic N) is 3. The highest BCUT2D eigenvalue weighted by Crippen LogP contribution is 2.38. The number of hydrogen-bond donors (Lipinski definition) is 2. The highest BCUT2D eigenvalue weighted by molar-refractivity contribution is 5.92. The van der Waals surface area contributed by atoms with Gasteiger partial charge in [-0.3, -0.25) is 0 Å². The van der Waals surface area contributed by atoms with Gasteiger partial charge in [0.1, 0.15) is 0 Å². The SMILES string of the molecule is CNC(=O)Nc1cccn2nc(C3CC3)nc12. The molecule has 1 saturated carbocycles. The van der Waals surface area contributed by atoms with Crippen molar-refractivity contribution in [1.82, 2.24) is 19.9 Å². The molecule has 0 aromatic carbocycles. The lowest BCUT2D eigenvalue weighted by molar-refractivity contribution is 0.254. The molecule has 0 aliphatic heterocycles. The van der Waals surface area contributed by atoms with E-state index in [-0.39, 0.29) is 6.03 Å². The van der Waals surface area contributed by atoms with Crippen molar-refractivity contribution >= 4 is 17.4 Å². The molecule has 2 aromatic heterocycles. The van der Waals surface area contributed by atoms with E-state index in [1.165, 1.54) is 0 Å². The van der Waals surface area contributed by atoms with Gasteiger partial charge < -0.3 is 10.6 Å². The number of anilines is 1. The van der Waals surface area contributed by atoms with Gasteiger partial charge in [0.05, 0.1) is 5.69 Å². The number of aromatic nitrogens is 3. The van der Waals surface area contributed by atoms with E-state index >= 15 is 0 Å². The van der Waals surface area contributed by atoms with Crippen molar-refractivity contribution in [2.45, 2.75) is 18.8 Å². The fraction of sp³-hybridized carbons (Fsp3) is 0.364. The molecule has 2 aromatic rings. The zero-order chi connectivity index (χ0) is 11.8. The van der Waals surface area contributed by atoms with Crippen molar-refractivity contribution in [3.63, 3.8) is 0 Å². The molecule has 2 N–H and O–H groups in total. The molecule has 1 aliphatic rings. The summed E-state index contributed by atoms with van der Waals surface area (Å²) >= 11 is 0. The van der Waals surface area contributed by atoms with Crippen molar-refractivity contribution in [3.8, 4) is 0 Å².